The molecule has 5 nitrogen and oxygen atoms in total. The number of hydrogen-bond acceptors (Lipinski definition) is 4. The zero-order chi connectivity index (χ0) is 40.3. The van der Waals surface area contributed by atoms with Gasteiger partial charge in [-0.25, -0.2) is 4.98 Å². The molecule has 0 aliphatic carbocycles. The molecule has 0 bridgehead atoms. The summed E-state index contributed by atoms with van der Waals surface area (Å²) in [5, 5.41) is 2.03. The second kappa shape index (κ2) is 15.0. The van der Waals surface area contributed by atoms with Crippen molar-refractivity contribution < 1.29 is 33.0 Å². The summed E-state index contributed by atoms with van der Waals surface area (Å²) in [7, 11) is 0. The topological polar surface area (TPSA) is 56.7 Å². The first-order valence-corrected chi connectivity index (χ1v) is 25.1. The van der Waals surface area contributed by atoms with Crippen molar-refractivity contribution in [3.05, 3.63) is 137 Å². The van der Waals surface area contributed by atoms with E-state index in [9.17, 15) is 4.39 Å². The number of furan rings is 1. The average molecular weight is 957 g/mol. The van der Waals surface area contributed by atoms with Gasteiger partial charge in [-0.2, -0.15) is 0 Å². The summed E-state index contributed by atoms with van der Waals surface area (Å²) in [6.45, 7) is 10.8. The molecular formula is C46H45FGeIrN4O-2. The summed E-state index contributed by atoms with van der Waals surface area (Å²) in [5.74, 6) is 6.90. The summed E-state index contributed by atoms with van der Waals surface area (Å²) >= 11 is -2.34. The van der Waals surface area contributed by atoms with Crippen LogP contribution in [-0.2, 0) is 25.5 Å². The fourth-order valence-electron chi connectivity index (χ4n) is 6.87. The number of aryl methyl sites for hydroxylation is 4. The minimum atomic E-state index is -2.34. The van der Waals surface area contributed by atoms with Crippen LogP contribution in [0, 0.1) is 45.6 Å². The van der Waals surface area contributed by atoms with Crippen molar-refractivity contribution in [1.29, 1.82) is 0 Å². The van der Waals surface area contributed by atoms with Crippen LogP contribution in [0.25, 0.3) is 61.4 Å². The van der Waals surface area contributed by atoms with Crippen molar-refractivity contribution in [3.63, 3.8) is 0 Å². The quantitative estimate of drug-likeness (QED) is 0.130. The van der Waals surface area contributed by atoms with E-state index in [4.69, 9.17) is 18.5 Å². The minimum absolute atomic E-state index is 0. The third kappa shape index (κ3) is 7.73. The van der Waals surface area contributed by atoms with Gasteiger partial charge in [0, 0.05) is 42.3 Å². The largest absolute Gasteiger partial charge is 0 e. The van der Waals surface area contributed by atoms with Crippen molar-refractivity contribution in [2.75, 3.05) is 0 Å². The average Bonchev–Trinajstić information content (AvgIpc) is 3.68. The molecule has 0 saturated heterocycles. The number of rotatable bonds is 4. The van der Waals surface area contributed by atoms with Gasteiger partial charge >= 0.3 is 114 Å². The van der Waals surface area contributed by atoms with Gasteiger partial charge in [-0.3, -0.25) is 4.98 Å². The Morgan fingerprint density at radius 3 is 2.20 bits per heavy atom. The molecule has 8 aromatic rings. The molecule has 0 aliphatic heterocycles. The van der Waals surface area contributed by atoms with Gasteiger partial charge in [0.15, 0.2) is 0 Å². The Bertz CT molecular complexity index is 2740. The molecular weight excluding hydrogens is 908 g/mol. The van der Waals surface area contributed by atoms with Gasteiger partial charge in [-0.1, -0.05) is 56.0 Å². The summed E-state index contributed by atoms with van der Waals surface area (Å²) in [5.41, 5.74) is 11.7. The molecule has 4 heterocycles. The molecule has 0 aliphatic rings. The van der Waals surface area contributed by atoms with Gasteiger partial charge in [0.2, 0.25) is 5.71 Å². The number of nitrogens with zero attached hydrogens (tertiary/aromatic N) is 4. The van der Waals surface area contributed by atoms with E-state index in [2.05, 4.69) is 129 Å². The molecule has 8 rings (SSSR count). The standard InChI is InChI=1S/C31H28N3O.C15H17FGeN.Ir/c1-18-15-19(2)28(20(3)16-18)34-25-10-8-7-9-24(25)32-29(34)21-11-13-26-23(17-21)22-12-14-27(31(4,5)6)33-30(22)35-26;1-11-9-15(12-5-7-13(16)8-6-12)18-10-14(11)17(2,3)4;/h7-10,12-17H,1-6H3;5,7-10H,1-4H3;/q2*-1;/i;1D3;. The summed E-state index contributed by atoms with van der Waals surface area (Å²) in [6.07, 6.45) is 1.67. The van der Waals surface area contributed by atoms with Crippen LogP contribution in [0.5, 0.6) is 0 Å². The number of hydrogen-bond donors (Lipinski definition) is 0. The number of para-hydroxylation sites is 2. The molecule has 4 aromatic carbocycles. The van der Waals surface area contributed by atoms with E-state index in [1.807, 2.05) is 12.1 Å². The summed E-state index contributed by atoms with van der Waals surface area (Å²) < 4.78 is 45.5. The first kappa shape index (κ1) is 35.3. The Labute approximate surface area is 338 Å². The monoisotopic (exact) mass is 958 g/mol. The first-order chi connectivity index (χ1) is 26.3. The second-order valence-corrected chi connectivity index (χ2v) is 26.4. The third-order valence-electron chi connectivity index (χ3n) is 9.46. The zero-order valence-electron chi connectivity index (χ0n) is 35.1. The van der Waals surface area contributed by atoms with Gasteiger partial charge < -0.3 is 8.98 Å². The van der Waals surface area contributed by atoms with E-state index in [0.717, 1.165) is 48.9 Å². The van der Waals surface area contributed by atoms with E-state index < -0.39 is 20.1 Å². The van der Waals surface area contributed by atoms with Gasteiger partial charge in [0.05, 0.1) is 22.4 Å². The Morgan fingerprint density at radius 1 is 0.815 bits per heavy atom. The molecule has 1 radical (unpaired) electrons. The minimum Gasteiger partial charge on any atom is 0 e. The number of halogens is 1. The number of fused-ring (bicyclic) bond motifs is 4. The number of imidazole rings is 1. The maximum atomic E-state index is 13.0. The molecule has 0 N–H and O–H groups in total. The zero-order valence-corrected chi connectivity index (χ0v) is 36.6. The third-order valence-corrected chi connectivity index (χ3v) is 13.7. The molecule has 8 heteroatoms. The number of pyridine rings is 2. The maximum absolute atomic E-state index is 13.0. The van der Waals surface area contributed by atoms with Crippen LogP contribution in [0.3, 0.4) is 0 Å². The maximum Gasteiger partial charge on any atom is 0 e. The predicted octanol–water partition coefficient (Wildman–Crippen LogP) is 11.5. The van der Waals surface area contributed by atoms with Crippen molar-refractivity contribution in [2.24, 2.45) is 0 Å². The van der Waals surface area contributed by atoms with Crippen LogP contribution >= 0.6 is 0 Å². The number of aromatic nitrogens is 4. The van der Waals surface area contributed by atoms with Crippen LogP contribution in [0.4, 0.5) is 4.39 Å². The predicted molar refractivity (Wildman–Crippen MR) is 220 cm³/mol. The molecule has 277 valence electrons. The normalized spacial score (nSPS) is 12.9. The summed E-state index contributed by atoms with van der Waals surface area (Å²) in [6, 6.07) is 33.0. The first-order valence-electron chi connectivity index (χ1n) is 19.3. The van der Waals surface area contributed by atoms with Gasteiger partial charge in [0.1, 0.15) is 0 Å². The van der Waals surface area contributed by atoms with Crippen molar-refractivity contribution >= 4 is 50.8 Å². The van der Waals surface area contributed by atoms with E-state index in [0.29, 0.717) is 22.5 Å². The van der Waals surface area contributed by atoms with Crippen LogP contribution in [0.2, 0.25) is 17.3 Å². The molecule has 0 amide bonds. The molecule has 4 aromatic heterocycles. The van der Waals surface area contributed by atoms with Crippen molar-refractivity contribution in [3.8, 4) is 28.3 Å². The molecule has 0 fully saturated rings. The van der Waals surface area contributed by atoms with Gasteiger partial charge in [0.25, 0.3) is 0 Å². The Morgan fingerprint density at radius 2 is 1.54 bits per heavy atom. The molecule has 54 heavy (non-hydrogen) atoms. The Hall–Kier alpha value is -4.43. The van der Waals surface area contributed by atoms with E-state index in [-0.39, 0.29) is 31.3 Å². The fourth-order valence-corrected chi connectivity index (χ4v) is 9.67. The SMILES string of the molecule is Cc1cc(C)c(-n2c(-c3[c-]cc4oc5nc(C(C)(C)C)ccc5c4c3)nc3ccccc32)c(C)c1.[2H]C([2H])([2H])c1cc(-c2[c-]cc(F)cc2)nc[c]1[Ge]([CH3])([CH3])[CH3].[Ir]. The van der Waals surface area contributed by atoms with Gasteiger partial charge in [-0.05, 0) is 56.2 Å². The van der Waals surface area contributed by atoms with Gasteiger partial charge in [-0.15, -0.1) is 23.8 Å². The molecule has 0 spiro atoms. The smallest absolute Gasteiger partial charge is 0 e. The van der Waals surface area contributed by atoms with Crippen molar-refractivity contribution in [1.82, 2.24) is 19.5 Å². The summed E-state index contributed by atoms with van der Waals surface area (Å²) in [4.78, 5) is 14.2. The number of benzene rings is 4. The van der Waals surface area contributed by atoms with Crippen molar-refractivity contribution in [2.45, 2.75) is 71.1 Å². The van der Waals surface area contributed by atoms with Crippen LogP contribution in [-0.4, -0.2) is 32.8 Å². The Kier molecular flexibility index (Phi) is 9.81. The molecule has 0 atom stereocenters. The van der Waals surface area contributed by atoms with E-state index in [1.165, 1.54) is 34.5 Å². The molecule has 0 saturated carbocycles. The van der Waals surface area contributed by atoms with Crippen LogP contribution in [0.15, 0.2) is 95.5 Å². The fraction of sp³-hybridized carbons (Fsp3) is 0.239. The van der Waals surface area contributed by atoms with Crippen LogP contribution in [0.1, 0.15) is 52.8 Å². The van der Waals surface area contributed by atoms with E-state index >= 15 is 0 Å². The second-order valence-electron chi connectivity index (χ2n) is 15.8. The molecule has 0 unspecified atom stereocenters. The Balaban J connectivity index is 0.000000215. The van der Waals surface area contributed by atoms with Crippen LogP contribution < -0.4 is 4.40 Å². The van der Waals surface area contributed by atoms with E-state index in [1.54, 1.807) is 18.3 Å².